The highest BCUT2D eigenvalue weighted by Crippen LogP contribution is 2.31. The molecule has 0 aliphatic heterocycles. The summed E-state index contributed by atoms with van der Waals surface area (Å²) in [5.41, 5.74) is 2.95. The average Bonchev–Trinajstić information content (AvgIpc) is 3.16. The fraction of sp³-hybridized carbons (Fsp3) is 0.0435. The molecular weight excluding hydrogens is 388 g/mol. The molecule has 0 aliphatic rings. The molecule has 3 aromatic carbocycles. The van der Waals surface area contributed by atoms with Gasteiger partial charge in [0.2, 0.25) is 0 Å². The molecule has 0 fully saturated rings. The van der Waals surface area contributed by atoms with E-state index in [2.05, 4.69) is 29.2 Å². The van der Waals surface area contributed by atoms with Crippen molar-refractivity contribution in [3.05, 3.63) is 99.4 Å². The van der Waals surface area contributed by atoms with Crippen molar-refractivity contribution in [2.24, 2.45) is 0 Å². The summed E-state index contributed by atoms with van der Waals surface area (Å²) in [5.74, 6) is 0. The second-order valence-electron chi connectivity index (χ2n) is 6.65. The van der Waals surface area contributed by atoms with Crippen LogP contribution in [0.25, 0.3) is 32.1 Å². The third kappa shape index (κ3) is 2.91. The topological polar surface area (TPSA) is 34.9 Å². The molecule has 2 heterocycles. The maximum atomic E-state index is 13.3. The van der Waals surface area contributed by atoms with Crippen molar-refractivity contribution in [3.63, 3.8) is 0 Å². The third-order valence-electron chi connectivity index (χ3n) is 4.94. The molecule has 28 heavy (non-hydrogen) atoms. The molecule has 0 saturated carbocycles. The lowest BCUT2D eigenvalue weighted by Gasteiger charge is -2.09. The highest BCUT2D eigenvalue weighted by atomic mass is 35.5. The fourth-order valence-corrected chi connectivity index (χ4v) is 4.57. The SMILES string of the molecule is O=c1c2c(-c3ccc(Cl)cc3)csc2ncn1Cc1cccc2ccccc12. The van der Waals surface area contributed by atoms with Crippen LogP contribution in [0.1, 0.15) is 5.56 Å². The Morgan fingerprint density at radius 2 is 1.75 bits per heavy atom. The molecule has 0 aliphatic carbocycles. The summed E-state index contributed by atoms with van der Waals surface area (Å²) in [6, 6.07) is 21.9. The molecular formula is C23H15ClN2OS. The lowest BCUT2D eigenvalue weighted by Crippen LogP contribution is -2.21. The van der Waals surface area contributed by atoms with Gasteiger partial charge in [0.05, 0.1) is 18.3 Å². The predicted octanol–water partition coefficient (Wildman–Crippen LogP) is 5.98. The quantitative estimate of drug-likeness (QED) is 0.372. The first-order valence-electron chi connectivity index (χ1n) is 8.90. The van der Waals surface area contributed by atoms with E-state index in [1.165, 1.54) is 16.7 Å². The number of aromatic nitrogens is 2. The average molecular weight is 403 g/mol. The molecule has 5 heteroatoms. The minimum Gasteiger partial charge on any atom is -0.294 e. The van der Waals surface area contributed by atoms with E-state index in [9.17, 15) is 4.79 Å². The fourth-order valence-electron chi connectivity index (χ4n) is 3.54. The van der Waals surface area contributed by atoms with Gasteiger partial charge in [0, 0.05) is 16.0 Å². The van der Waals surface area contributed by atoms with Crippen molar-refractivity contribution in [3.8, 4) is 11.1 Å². The first kappa shape index (κ1) is 17.2. The Morgan fingerprint density at radius 1 is 0.964 bits per heavy atom. The zero-order valence-electron chi connectivity index (χ0n) is 14.8. The van der Waals surface area contributed by atoms with Crippen molar-refractivity contribution in [2.45, 2.75) is 6.54 Å². The molecule has 0 radical (unpaired) electrons. The van der Waals surface area contributed by atoms with E-state index in [0.29, 0.717) is 17.0 Å². The number of hydrogen-bond acceptors (Lipinski definition) is 3. The number of hydrogen-bond donors (Lipinski definition) is 0. The Morgan fingerprint density at radius 3 is 2.61 bits per heavy atom. The number of halogens is 1. The molecule has 0 bridgehead atoms. The molecule has 3 nitrogen and oxygen atoms in total. The largest absolute Gasteiger partial charge is 0.294 e. The summed E-state index contributed by atoms with van der Waals surface area (Å²) in [4.78, 5) is 18.6. The van der Waals surface area contributed by atoms with Crippen LogP contribution in [0.2, 0.25) is 5.02 Å². The van der Waals surface area contributed by atoms with Gasteiger partial charge in [0.1, 0.15) is 4.83 Å². The van der Waals surface area contributed by atoms with Crippen LogP contribution in [0.4, 0.5) is 0 Å². The zero-order valence-corrected chi connectivity index (χ0v) is 16.4. The molecule has 136 valence electrons. The number of nitrogens with zero attached hydrogens (tertiary/aromatic N) is 2. The molecule has 0 saturated heterocycles. The van der Waals surface area contributed by atoms with Crippen molar-refractivity contribution in [1.82, 2.24) is 9.55 Å². The maximum absolute atomic E-state index is 13.3. The van der Waals surface area contributed by atoms with Crippen molar-refractivity contribution >= 4 is 43.9 Å². The van der Waals surface area contributed by atoms with Gasteiger partial charge in [-0.3, -0.25) is 9.36 Å². The Balaban J connectivity index is 1.65. The van der Waals surface area contributed by atoms with Crippen LogP contribution >= 0.6 is 22.9 Å². The molecule has 0 spiro atoms. The number of rotatable bonds is 3. The van der Waals surface area contributed by atoms with Crippen LogP contribution < -0.4 is 5.56 Å². The number of benzene rings is 3. The van der Waals surface area contributed by atoms with E-state index >= 15 is 0 Å². The van der Waals surface area contributed by atoms with Gasteiger partial charge >= 0.3 is 0 Å². The summed E-state index contributed by atoms with van der Waals surface area (Å²) in [6.45, 7) is 0.485. The van der Waals surface area contributed by atoms with Gasteiger partial charge in [-0.15, -0.1) is 11.3 Å². The van der Waals surface area contributed by atoms with Gasteiger partial charge in [-0.25, -0.2) is 4.98 Å². The normalized spacial score (nSPS) is 11.3. The van der Waals surface area contributed by atoms with Gasteiger partial charge in [0.15, 0.2) is 0 Å². The van der Waals surface area contributed by atoms with Gasteiger partial charge in [-0.05, 0) is 34.0 Å². The summed E-state index contributed by atoms with van der Waals surface area (Å²) in [5, 5.41) is 5.65. The van der Waals surface area contributed by atoms with E-state index in [4.69, 9.17) is 11.6 Å². The minimum atomic E-state index is -0.0239. The molecule has 5 rings (SSSR count). The Hall–Kier alpha value is -2.95. The van der Waals surface area contributed by atoms with Crippen LogP contribution in [0.3, 0.4) is 0 Å². The van der Waals surface area contributed by atoms with E-state index in [0.717, 1.165) is 26.9 Å². The van der Waals surface area contributed by atoms with Crippen LogP contribution in [0.5, 0.6) is 0 Å². The summed E-state index contributed by atoms with van der Waals surface area (Å²) in [6.07, 6.45) is 1.65. The smallest absolute Gasteiger partial charge is 0.263 e. The second-order valence-corrected chi connectivity index (χ2v) is 7.95. The first-order chi connectivity index (χ1) is 13.7. The standard InChI is InChI=1S/C23H15ClN2OS/c24-18-10-8-16(9-11-18)20-13-28-22-21(20)23(27)26(14-25-22)12-17-6-3-5-15-4-1-2-7-19(15)17/h1-11,13-14H,12H2. The minimum absolute atomic E-state index is 0.0239. The van der Waals surface area contributed by atoms with Gasteiger partial charge < -0.3 is 0 Å². The van der Waals surface area contributed by atoms with E-state index < -0.39 is 0 Å². The van der Waals surface area contributed by atoms with Gasteiger partial charge in [-0.1, -0.05) is 66.2 Å². The highest BCUT2D eigenvalue weighted by Gasteiger charge is 2.14. The number of thiophene rings is 1. The lowest BCUT2D eigenvalue weighted by atomic mass is 10.0. The second kappa shape index (κ2) is 6.89. The first-order valence-corrected chi connectivity index (χ1v) is 10.2. The Kier molecular flexibility index (Phi) is 4.23. The molecule has 5 aromatic rings. The van der Waals surface area contributed by atoms with Gasteiger partial charge in [-0.2, -0.15) is 0 Å². The summed E-state index contributed by atoms with van der Waals surface area (Å²) < 4.78 is 1.69. The molecule has 0 unspecified atom stereocenters. The van der Waals surface area contributed by atoms with Crippen LogP contribution in [0.15, 0.2) is 83.2 Å². The molecule has 0 atom stereocenters. The zero-order chi connectivity index (χ0) is 19.1. The lowest BCUT2D eigenvalue weighted by molar-refractivity contribution is 0.754. The monoisotopic (exact) mass is 402 g/mol. The van der Waals surface area contributed by atoms with Crippen LogP contribution in [0, 0.1) is 0 Å². The maximum Gasteiger partial charge on any atom is 0.263 e. The molecule has 0 N–H and O–H groups in total. The Labute approximate surface area is 170 Å². The van der Waals surface area contributed by atoms with E-state index in [1.807, 2.05) is 47.8 Å². The molecule has 2 aromatic heterocycles. The van der Waals surface area contributed by atoms with E-state index in [1.54, 1.807) is 10.9 Å². The molecule has 0 amide bonds. The Bertz CT molecular complexity index is 1360. The summed E-state index contributed by atoms with van der Waals surface area (Å²) in [7, 11) is 0. The number of fused-ring (bicyclic) bond motifs is 2. The van der Waals surface area contributed by atoms with E-state index in [-0.39, 0.29) is 5.56 Å². The van der Waals surface area contributed by atoms with Crippen molar-refractivity contribution < 1.29 is 0 Å². The highest BCUT2D eigenvalue weighted by molar-refractivity contribution is 7.17. The third-order valence-corrected chi connectivity index (χ3v) is 6.07. The van der Waals surface area contributed by atoms with Crippen molar-refractivity contribution in [1.29, 1.82) is 0 Å². The summed E-state index contributed by atoms with van der Waals surface area (Å²) >= 11 is 7.50. The van der Waals surface area contributed by atoms with Crippen LogP contribution in [-0.2, 0) is 6.54 Å². The predicted molar refractivity (Wildman–Crippen MR) is 117 cm³/mol. The van der Waals surface area contributed by atoms with Gasteiger partial charge in [0.25, 0.3) is 5.56 Å². The van der Waals surface area contributed by atoms with Crippen LogP contribution in [-0.4, -0.2) is 9.55 Å². The van der Waals surface area contributed by atoms with Crippen molar-refractivity contribution in [2.75, 3.05) is 0 Å².